The standard InChI is InChI=1S/C11H16ClN3O2/c1-2-13-8-7-14-15(11(16)10(8)12)9-5-3-4-6-17-9/h7,9,13H,2-6H2,1H3. The third kappa shape index (κ3) is 2.61. The van der Waals surface area contributed by atoms with E-state index in [-0.39, 0.29) is 16.8 Å². The molecule has 0 spiro atoms. The van der Waals surface area contributed by atoms with Crippen LogP contribution in [0.15, 0.2) is 11.0 Å². The number of hydrogen-bond acceptors (Lipinski definition) is 4. The fourth-order valence-electron chi connectivity index (χ4n) is 1.88. The molecular formula is C11H16ClN3O2. The summed E-state index contributed by atoms with van der Waals surface area (Å²) in [7, 11) is 0. The lowest BCUT2D eigenvalue weighted by Gasteiger charge is -2.23. The quantitative estimate of drug-likeness (QED) is 0.900. The topological polar surface area (TPSA) is 56.1 Å². The van der Waals surface area contributed by atoms with Gasteiger partial charge in [-0.25, -0.2) is 0 Å². The lowest BCUT2D eigenvalue weighted by molar-refractivity contribution is -0.0424. The smallest absolute Gasteiger partial charge is 0.290 e. The summed E-state index contributed by atoms with van der Waals surface area (Å²) in [4.78, 5) is 12.0. The molecule has 0 saturated carbocycles. The van der Waals surface area contributed by atoms with Crippen LogP contribution >= 0.6 is 11.6 Å². The van der Waals surface area contributed by atoms with Crippen LogP contribution < -0.4 is 10.9 Å². The van der Waals surface area contributed by atoms with Gasteiger partial charge in [0.15, 0.2) is 6.23 Å². The molecule has 1 N–H and O–H groups in total. The van der Waals surface area contributed by atoms with Gasteiger partial charge in [-0.3, -0.25) is 4.79 Å². The Bertz CT molecular complexity index is 441. The van der Waals surface area contributed by atoms with Gasteiger partial charge in [-0.05, 0) is 26.2 Å². The lowest BCUT2D eigenvalue weighted by Crippen LogP contribution is -2.31. The van der Waals surface area contributed by atoms with Gasteiger partial charge in [0, 0.05) is 13.2 Å². The Hall–Kier alpha value is -1.07. The fourth-order valence-corrected chi connectivity index (χ4v) is 2.08. The van der Waals surface area contributed by atoms with Crippen molar-refractivity contribution in [3.8, 4) is 0 Å². The normalized spacial score (nSPS) is 20.2. The molecule has 1 aliphatic heterocycles. The van der Waals surface area contributed by atoms with Gasteiger partial charge < -0.3 is 10.1 Å². The molecule has 1 unspecified atom stereocenters. The van der Waals surface area contributed by atoms with Gasteiger partial charge in [0.2, 0.25) is 0 Å². The first-order valence-electron chi connectivity index (χ1n) is 5.87. The van der Waals surface area contributed by atoms with Crippen molar-refractivity contribution in [3.05, 3.63) is 21.6 Å². The van der Waals surface area contributed by atoms with Crippen LogP contribution in [0.2, 0.25) is 5.02 Å². The van der Waals surface area contributed by atoms with Crippen LogP contribution in [-0.2, 0) is 4.74 Å². The van der Waals surface area contributed by atoms with E-state index in [1.165, 1.54) is 4.68 Å². The summed E-state index contributed by atoms with van der Waals surface area (Å²) in [6, 6.07) is 0. The maximum atomic E-state index is 12.0. The molecule has 1 aromatic rings. The van der Waals surface area contributed by atoms with Crippen molar-refractivity contribution >= 4 is 17.3 Å². The molecule has 17 heavy (non-hydrogen) atoms. The number of ether oxygens (including phenoxy) is 1. The molecule has 2 rings (SSSR count). The zero-order valence-corrected chi connectivity index (χ0v) is 10.5. The number of anilines is 1. The maximum absolute atomic E-state index is 12.0. The Morgan fingerprint density at radius 1 is 1.65 bits per heavy atom. The largest absolute Gasteiger partial charge is 0.383 e. The second-order valence-corrected chi connectivity index (χ2v) is 4.35. The summed E-state index contributed by atoms with van der Waals surface area (Å²) in [5.41, 5.74) is 0.281. The van der Waals surface area contributed by atoms with Crippen LogP contribution in [0, 0.1) is 0 Å². The second-order valence-electron chi connectivity index (χ2n) is 3.97. The maximum Gasteiger partial charge on any atom is 0.290 e. The molecule has 1 aromatic heterocycles. The van der Waals surface area contributed by atoms with Crippen molar-refractivity contribution in [2.45, 2.75) is 32.4 Å². The van der Waals surface area contributed by atoms with Crippen LogP contribution in [-0.4, -0.2) is 22.9 Å². The summed E-state index contributed by atoms with van der Waals surface area (Å²) in [6.45, 7) is 3.31. The van der Waals surface area contributed by atoms with Gasteiger partial charge in [0.05, 0.1) is 11.9 Å². The Labute approximate surface area is 105 Å². The zero-order valence-electron chi connectivity index (χ0n) is 9.78. The minimum absolute atomic E-state index is 0.177. The molecule has 94 valence electrons. The minimum Gasteiger partial charge on any atom is -0.383 e. The van der Waals surface area contributed by atoms with E-state index in [9.17, 15) is 4.79 Å². The highest BCUT2D eigenvalue weighted by Gasteiger charge is 2.20. The zero-order chi connectivity index (χ0) is 12.3. The Balaban J connectivity index is 2.29. The van der Waals surface area contributed by atoms with Crippen LogP contribution in [0.1, 0.15) is 32.4 Å². The molecule has 1 fully saturated rings. The van der Waals surface area contributed by atoms with Gasteiger partial charge in [0.1, 0.15) is 5.02 Å². The van der Waals surface area contributed by atoms with Crippen molar-refractivity contribution in [3.63, 3.8) is 0 Å². The van der Waals surface area contributed by atoms with E-state index in [0.29, 0.717) is 18.8 Å². The first kappa shape index (κ1) is 12.4. The van der Waals surface area contributed by atoms with Crippen molar-refractivity contribution in [2.75, 3.05) is 18.5 Å². The third-order valence-corrected chi connectivity index (χ3v) is 3.10. The first-order valence-corrected chi connectivity index (χ1v) is 6.24. The predicted molar refractivity (Wildman–Crippen MR) is 66.5 cm³/mol. The molecule has 0 radical (unpaired) electrons. The molecule has 0 bridgehead atoms. The van der Waals surface area contributed by atoms with Gasteiger partial charge in [-0.15, -0.1) is 0 Å². The summed E-state index contributed by atoms with van der Waals surface area (Å²) in [5, 5.41) is 7.29. The van der Waals surface area contributed by atoms with Gasteiger partial charge in [0.25, 0.3) is 5.56 Å². The van der Waals surface area contributed by atoms with Crippen LogP contribution in [0.4, 0.5) is 5.69 Å². The summed E-state index contributed by atoms with van der Waals surface area (Å²) < 4.78 is 6.86. The second kappa shape index (κ2) is 5.51. The number of halogens is 1. The van der Waals surface area contributed by atoms with Crippen molar-refractivity contribution in [1.29, 1.82) is 0 Å². The number of rotatable bonds is 3. The average Bonchev–Trinajstić information content (AvgIpc) is 2.36. The highest BCUT2D eigenvalue weighted by Crippen LogP contribution is 2.22. The Morgan fingerprint density at radius 3 is 3.12 bits per heavy atom. The predicted octanol–water partition coefficient (Wildman–Crippen LogP) is 2.03. The highest BCUT2D eigenvalue weighted by atomic mass is 35.5. The molecule has 1 aliphatic rings. The first-order chi connectivity index (χ1) is 8.24. The van der Waals surface area contributed by atoms with E-state index >= 15 is 0 Å². The molecule has 5 nitrogen and oxygen atoms in total. The third-order valence-electron chi connectivity index (χ3n) is 2.74. The van der Waals surface area contributed by atoms with E-state index in [4.69, 9.17) is 16.3 Å². The number of nitrogens with one attached hydrogen (secondary N) is 1. The van der Waals surface area contributed by atoms with E-state index in [2.05, 4.69) is 10.4 Å². The van der Waals surface area contributed by atoms with E-state index < -0.39 is 0 Å². The van der Waals surface area contributed by atoms with E-state index in [1.54, 1.807) is 6.20 Å². The summed E-state index contributed by atoms with van der Waals surface area (Å²) in [6.07, 6.45) is 4.19. The minimum atomic E-state index is -0.294. The molecule has 0 amide bonds. The highest BCUT2D eigenvalue weighted by molar-refractivity contribution is 6.32. The number of hydrogen-bond donors (Lipinski definition) is 1. The van der Waals surface area contributed by atoms with Crippen molar-refractivity contribution in [1.82, 2.24) is 9.78 Å². The van der Waals surface area contributed by atoms with Crippen LogP contribution in [0.3, 0.4) is 0 Å². The lowest BCUT2D eigenvalue weighted by atomic mass is 10.2. The summed E-state index contributed by atoms with van der Waals surface area (Å²) >= 11 is 6.00. The molecule has 0 aromatic carbocycles. The Morgan fingerprint density at radius 2 is 2.47 bits per heavy atom. The fraction of sp³-hybridized carbons (Fsp3) is 0.636. The monoisotopic (exact) mass is 257 g/mol. The molecule has 1 atom stereocenters. The van der Waals surface area contributed by atoms with Crippen molar-refractivity contribution in [2.24, 2.45) is 0 Å². The van der Waals surface area contributed by atoms with Gasteiger partial charge >= 0.3 is 0 Å². The molecule has 6 heteroatoms. The average molecular weight is 258 g/mol. The molecule has 0 aliphatic carbocycles. The SMILES string of the molecule is CCNc1cnn(C2CCCCO2)c(=O)c1Cl. The number of nitrogens with zero attached hydrogens (tertiary/aromatic N) is 2. The number of aromatic nitrogens is 2. The van der Waals surface area contributed by atoms with E-state index in [0.717, 1.165) is 19.3 Å². The molecule has 1 saturated heterocycles. The van der Waals surface area contributed by atoms with Crippen LogP contribution in [0.5, 0.6) is 0 Å². The van der Waals surface area contributed by atoms with Crippen LogP contribution in [0.25, 0.3) is 0 Å². The van der Waals surface area contributed by atoms with Crippen molar-refractivity contribution < 1.29 is 4.74 Å². The summed E-state index contributed by atoms with van der Waals surface area (Å²) in [5.74, 6) is 0. The van der Waals surface area contributed by atoms with Gasteiger partial charge in [-0.2, -0.15) is 9.78 Å². The van der Waals surface area contributed by atoms with Gasteiger partial charge in [-0.1, -0.05) is 11.6 Å². The molecule has 2 heterocycles. The Kier molecular flexibility index (Phi) is 4.02. The van der Waals surface area contributed by atoms with E-state index in [1.807, 2.05) is 6.92 Å². The molecular weight excluding hydrogens is 242 g/mol.